The van der Waals surface area contributed by atoms with Crippen LogP contribution in [-0.4, -0.2) is 20.7 Å². The number of halogens is 1. The van der Waals surface area contributed by atoms with E-state index in [4.69, 9.17) is 11.6 Å². The van der Waals surface area contributed by atoms with E-state index >= 15 is 0 Å². The van der Waals surface area contributed by atoms with Gasteiger partial charge in [-0.2, -0.15) is 14.7 Å². The Morgan fingerprint density at radius 3 is 3.11 bits per heavy atom. The third-order valence-electron chi connectivity index (χ3n) is 3.37. The summed E-state index contributed by atoms with van der Waals surface area (Å²) in [4.78, 5) is 2.22. The SMILES string of the molecule is Cn1cc(C2CCCN2c2snc(Cl)c2C#N)cn1. The Kier molecular flexibility index (Phi) is 3.17. The molecule has 1 aliphatic rings. The predicted octanol–water partition coefficient (Wildman–Crippen LogP) is 2.74. The highest BCUT2D eigenvalue weighted by Gasteiger charge is 2.31. The summed E-state index contributed by atoms with van der Waals surface area (Å²) in [7, 11) is 1.91. The molecular weight excluding hydrogens is 282 g/mol. The van der Waals surface area contributed by atoms with Crippen molar-refractivity contribution in [1.82, 2.24) is 14.2 Å². The molecule has 0 saturated carbocycles. The van der Waals surface area contributed by atoms with E-state index in [-0.39, 0.29) is 6.04 Å². The molecule has 3 heterocycles. The molecule has 19 heavy (non-hydrogen) atoms. The van der Waals surface area contributed by atoms with E-state index in [0.29, 0.717) is 10.7 Å². The zero-order valence-electron chi connectivity index (χ0n) is 10.4. The van der Waals surface area contributed by atoms with Gasteiger partial charge in [0.25, 0.3) is 0 Å². The molecule has 2 aromatic heterocycles. The molecule has 1 aliphatic heterocycles. The highest BCUT2D eigenvalue weighted by atomic mass is 35.5. The number of nitriles is 1. The van der Waals surface area contributed by atoms with Crippen molar-refractivity contribution in [2.45, 2.75) is 18.9 Å². The molecule has 98 valence electrons. The minimum Gasteiger partial charge on any atom is -0.354 e. The first kappa shape index (κ1) is 12.5. The van der Waals surface area contributed by atoms with E-state index in [9.17, 15) is 5.26 Å². The number of nitrogens with zero attached hydrogens (tertiary/aromatic N) is 5. The first-order chi connectivity index (χ1) is 9.20. The van der Waals surface area contributed by atoms with E-state index < -0.39 is 0 Å². The van der Waals surface area contributed by atoms with Crippen molar-refractivity contribution in [2.75, 3.05) is 11.4 Å². The number of aromatic nitrogens is 3. The van der Waals surface area contributed by atoms with Crippen LogP contribution in [-0.2, 0) is 7.05 Å². The Balaban J connectivity index is 1.98. The second-order valence-corrected chi connectivity index (χ2v) is 5.67. The minimum absolute atomic E-state index is 0.261. The van der Waals surface area contributed by atoms with Gasteiger partial charge in [-0.25, -0.2) is 0 Å². The van der Waals surface area contributed by atoms with Crippen molar-refractivity contribution in [3.05, 3.63) is 28.7 Å². The van der Waals surface area contributed by atoms with Crippen LogP contribution >= 0.6 is 23.1 Å². The lowest BCUT2D eigenvalue weighted by Gasteiger charge is -2.24. The third-order valence-corrected chi connectivity index (χ3v) is 4.63. The smallest absolute Gasteiger partial charge is 0.162 e. The molecule has 2 aromatic rings. The van der Waals surface area contributed by atoms with Crippen LogP contribution in [0.5, 0.6) is 0 Å². The van der Waals surface area contributed by atoms with Crippen molar-refractivity contribution in [2.24, 2.45) is 7.05 Å². The molecule has 0 radical (unpaired) electrons. The predicted molar refractivity (Wildman–Crippen MR) is 74.4 cm³/mol. The van der Waals surface area contributed by atoms with Crippen LogP contribution in [0.1, 0.15) is 30.0 Å². The lowest BCUT2D eigenvalue weighted by atomic mass is 10.1. The quantitative estimate of drug-likeness (QED) is 0.854. The number of hydrogen-bond donors (Lipinski definition) is 0. The third kappa shape index (κ3) is 2.09. The van der Waals surface area contributed by atoms with Crippen molar-refractivity contribution in [1.29, 1.82) is 5.26 Å². The number of anilines is 1. The fourth-order valence-corrected chi connectivity index (χ4v) is 3.63. The lowest BCUT2D eigenvalue weighted by molar-refractivity contribution is 0.718. The van der Waals surface area contributed by atoms with E-state index in [1.54, 1.807) is 4.68 Å². The molecule has 5 nitrogen and oxygen atoms in total. The zero-order chi connectivity index (χ0) is 13.4. The van der Waals surface area contributed by atoms with Gasteiger partial charge in [0, 0.05) is 25.4 Å². The highest BCUT2D eigenvalue weighted by Crippen LogP contribution is 2.41. The van der Waals surface area contributed by atoms with Crippen LogP contribution < -0.4 is 4.90 Å². The molecule has 0 amide bonds. The van der Waals surface area contributed by atoms with Gasteiger partial charge < -0.3 is 4.90 Å². The standard InChI is InChI=1S/C12H12ClN5S/c1-17-7-8(6-15-17)10-3-2-4-18(10)12-9(5-14)11(13)16-19-12/h6-7,10H,2-4H2,1H3. The van der Waals surface area contributed by atoms with Gasteiger partial charge in [0.15, 0.2) is 5.15 Å². The molecule has 1 atom stereocenters. The molecule has 0 aromatic carbocycles. The molecule has 0 spiro atoms. The molecule has 0 bridgehead atoms. The van der Waals surface area contributed by atoms with Crippen molar-refractivity contribution >= 4 is 28.1 Å². The number of aryl methyl sites for hydroxylation is 1. The summed E-state index contributed by atoms with van der Waals surface area (Å²) in [5.41, 5.74) is 1.66. The Labute approximate surface area is 120 Å². The lowest BCUT2D eigenvalue weighted by Crippen LogP contribution is -2.22. The normalized spacial score (nSPS) is 18.8. The minimum atomic E-state index is 0.261. The Morgan fingerprint density at radius 1 is 1.58 bits per heavy atom. The van der Waals surface area contributed by atoms with Gasteiger partial charge in [-0.05, 0) is 24.4 Å². The maximum absolute atomic E-state index is 9.20. The monoisotopic (exact) mass is 293 g/mol. The molecule has 0 N–H and O–H groups in total. The Morgan fingerprint density at radius 2 is 2.42 bits per heavy atom. The fraction of sp³-hybridized carbons (Fsp3) is 0.417. The maximum atomic E-state index is 9.20. The van der Waals surface area contributed by atoms with E-state index in [2.05, 4.69) is 20.4 Å². The van der Waals surface area contributed by atoms with Gasteiger partial charge in [-0.3, -0.25) is 4.68 Å². The van der Waals surface area contributed by atoms with E-state index in [1.807, 2.05) is 19.4 Å². The summed E-state index contributed by atoms with van der Waals surface area (Å²) in [6, 6.07) is 2.41. The van der Waals surface area contributed by atoms with E-state index in [1.165, 1.54) is 17.1 Å². The zero-order valence-corrected chi connectivity index (χ0v) is 11.9. The Hall–Kier alpha value is -1.58. The van der Waals surface area contributed by atoms with Gasteiger partial charge in [-0.15, -0.1) is 0 Å². The van der Waals surface area contributed by atoms with Crippen LogP contribution in [0.15, 0.2) is 12.4 Å². The average Bonchev–Trinajstić information content (AvgIpc) is 3.07. The molecule has 7 heteroatoms. The summed E-state index contributed by atoms with van der Waals surface area (Å²) in [6.45, 7) is 0.923. The van der Waals surface area contributed by atoms with Crippen LogP contribution in [0, 0.1) is 11.3 Å². The van der Waals surface area contributed by atoms with Crippen LogP contribution in [0.3, 0.4) is 0 Å². The molecule has 1 saturated heterocycles. The fourth-order valence-electron chi connectivity index (χ4n) is 2.52. The first-order valence-electron chi connectivity index (χ1n) is 6.01. The van der Waals surface area contributed by atoms with Crippen molar-refractivity contribution in [3.63, 3.8) is 0 Å². The van der Waals surface area contributed by atoms with E-state index in [0.717, 1.165) is 24.4 Å². The average molecular weight is 294 g/mol. The van der Waals surface area contributed by atoms with Gasteiger partial charge in [0.05, 0.1) is 12.2 Å². The Bertz CT molecular complexity index is 641. The summed E-state index contributed by atoms with van der Waals surface area (Å²) in [5, 5.41) is 14.6. The summed E-state index contributed by atoms with van der Waals surface area (Å²) in [5.74, 6) is 0. The summed E-state index contributed by atoms with van der Waals surface area (Å²) >= 11 is 7.25. The van der Waals surface area contributed by atoms with Crippen molar-refractivity contribution < 1.29 is 0 Å². The molecule has 3 rings (SSSR count). The summed E-state index contributed by atoms with van der Waals surface area (Å²) in [6.07, 6.45) is 6.07. The number of hydrogen-bond acceptors (Lipinski definition) is 5. The van der Waals surface area contributed by atoms with Gasteiger partial charge in [0.1, 0.15) is 16.6 Å². The van der Waals surface area contributed by atoms with Crippen LogP contribution in [0.2, 0.25) is 5.15 Å². The second-order valence-electron chi connectivity index (χ2n) is 4.56. The topological polar surface area (TPSA) is 57.7 Å². The first-order valence-corrected chi connectivity index (χ1v) is 7.16. The second kappa shape index (κ2) is 4.83. The molecule has 1 fully saturated rings. The van der Waals surface area contributed by atoms with Gasteiger partial charge >= 0.3 is 0 Å². The summed E-state index contributed by atoms with van der Waals surface area (Å²) < 4.78 is 5.89. The molecule has 0 aliphatic carbocycles. The van der Waals surface area contributed by atoms with Crippen LogP contribution in [0.25, 0.3) is 0 Å². The number of rotatable bonds is 2. The molecular formula is C12H12ClN5S. The maximum Gasteiger partial charge on any atom is 0.162 e. The largest absolute Gasteiger partial charge is 0.354 e. The van der Waals surface area contributed by atoms with Gasteiger partial charge in [-0.1, -0.05) is 11.6 Å². The van der Waals surface area contributed by atoms with Crippen molar-refractivity contribution in [3.8, 4) is 6.07 Å². The highest BCUT2D eigenvalue weighted by molar-refractivity contribution is 7.10. The van der Waals surface area contributed by atoms with Crippen LogP contribution in [0.4, 0.5) is 5.00 Å². The molecule has 1 unspecified atom stereocenters. The van der Waals surface area contributed by atoms with Gasteiger partial charge in [0.2, 0.25) is 0 Å².